The van der Waals surface area contributed by atoms with E-state index < -0.39 is 0 Å². The number of alkyl halides is 1. The molecule has 18 heavy (non-hydrogen) atoms. The van der Waals surface area contributed by atoms with Gasteiger partial charge in [-0.05, 0) is 35.9 Å². The van der Waals surface area contributed by atoms with Crippen molar-refractivity contribution < 1.29 is 0 Å². The zero-order chi connectivity index (χ0) is 13.0. The molecule has 0 saturated carbocycles. The molecule has 1 aromatic heterocycles. The maximum absolute atomic E-state index is 6.01. The molecule has 2 rings (SSSR count). The SMILES string of the molecule is CN(Cc1ccccn1)c1ccc(Cl)cc1CBr. The number of hydrogen-bond donors (Lipinski definition) is 0. The van der Waals surface area contributed by atoms with E-state index in [0.717, 1.165) is 22.6 Å². The topological polar surface area (TPSA) is 16.1 Å². The van der Waals surface area contributed by atoms with Gasteiger partial charge < -0.3 is 4.90 Å². The van der Waals surface area contributed by atoms with Crippen molar-refractivity contribution >= 4 is 33.2 Å². The molecule has 0 saturated heterocycles. The molecule has 0 radical (unpaired) electrons. The van der Waals surface area contributed by atoms with E-state index in [-0.39, 0.29) is 0 Å². The molecule has 0 amide bonds. The molecule has 0 aliphatic carbocycles. The third-order valence-corrected chi connectivity index (χ3v) is 3.56. The molecule has 0 spiro atoms. The molecule has 0 bridgehead atoms. The predicted molar refractivity (Wildman–Crippen MR) is 80.4 cm³/mol. The maximum Gasteiger partial charge on any atom is 0.0598 e. The Morgan fingerprint density at radius 1 is 1.28 bits per heavy atom. The Bertz CT molecular complexity index is 516. The Morgan fingerprint density at radius 2 is 2.11 bits per heavy atom. The van der Waals surface area contributed by atoms with Crippen LogP contribution in [-0.4, -0.2) is 12.0 Å². The summed E-state index contributed by atoms with van der Waals surface area (Å²) in [5, 5.41) is 1.55. The molecular formula is C14H14BrClN2. The van der Waals surface area contributed by atoms with Gasteiger partial charge in [0.05, 0.1) is 12.2 Å². The molecule has 2 nitrogen and oxygen atoms in total. The molecule has 2 aromatic rings. The molecule has 0 fully saturated rings. The monoisotopic (exact) mass is 324 g/mol. The van der Waals surface area contributed by atoms with Crippen molar-refractivity contribution in [2.45, 2.75) is 11.9 Å². The van der Waals surface area contributed by atoms with E-state index in [1.165, 1.54) is 11.3 Å². The average Bonchev–Trinajstić information content (AvgIpc) is 2.39. The van der Waals surface area contributed by atoms with E-state index in [1.807, 2.05) is 42.6 Å². The number of anilines is 1. The summed E-state index contributed by atoms with van der Waals surface area (Å²) < 4.78 is 0. The van der Waals surface area contributed by atoms with E-state index in [4.69, 9.17) is 11.6 Å². The maximum atomic E-state index is 6.01. The van der Waals surface area contributed by atoms with Gasteiger partial charge in [-0.15, -0.1) is 0 Å². The first-order valence-corrected chi connectivity index (χ1v) is 7.16. The molecule has 0 aliphatic rings. The number of pyridine rings is 1. The van der Waals surface area contributed by atoms with Crippen molar-refractivity contribution in [1.29, 1.82) is 0 Å². The van der Waals surface area contributed by atoms with E-state index in [0.29, 0.717) is 0 Å². The second kappa shape index (κ2) is 6.21. The molecular weight excluding hydrogens is 312 g/mol. The Balaban J connectivity index is 2.21. The first kappa shape index (κ1) is 13.4. The van der Waals surface area contributed by atoms with Gasteiger partial charge in [-0.25, -0.2) is 0 Å². The lowest BCUT2D eigenvalue weighted by atomic mass is 10.2. The van der Waals surface area contributed by atoms with Crippen molar-refractivity contribution in [1.82, 2.24) is 4.98 Å². The number of benzene rings is 1. The van der Waals surface area contributed by atoms with E-state index in [2.05, 4.69) is 32.9 Å². The standard InChI is InChI=1S/C14H14BrClN2/c1-18(10-13-4-2-3-7-17-13)14-6-5-12(16)8-11(14)9-15/h2-8H,9-10H2,1H3. The fourth-order valence-corrected chi connectivity index (χ4v) is 2.50. The molecule has 0 unspecified atom stereocenters. The van der Waals surface area contributed by atoms with Crippen LogP contribution in [0, 0.1) is 0 Å². The quantitative estimate of drug-likeness (QED) is 0.781. The minimum Gasteiger partial charge on any atom is -0.368 e. The third-order valence-electron chi connectivity index (χ3n) is 2.72. The van der Waals surface area contributed by atoms with Crippen molar-refractivity contribution in [2.75, 3.05) is 11.9 Å². The van der Waals surface area contributed by atoms with Crippen LogP contribution in [0.15, 0.2) is 42.6 Å². The third kappa shape index (κ3) is 3.24. The van der Waals surface area contributed by atoms with Crippen LogP contribution in [0.4, 0.5) is 5.69 Å². The van der Waals surface area contributed by atoms with Crippen LogP contribution in [0.1, 0.15) is 11.3 Å². The van der Waals surface area contributed by atoms with Crippen LogP contribution in [0.2, 0.25) is 5.02 Å². The number of aromatic nitrogens is 1. The van der Waals surface area contributed by atoms with Gasteiger partial charge in [0, 0.05) is 29.3 Å². The van der Waals surface area contributed by atoms with E-state index in [1.54, 1.807) is 0 Å². The van der Waals surface area contributed by atoms with E-state index >= 15 is 0 Å². The van der Waals surface area contributed by atoms with Gasteiger partial charge in [-0.2, -0.15) is 0 Å². The van der Waals surface area contributed by atoms with E-state index in [9.17, 15) is 0 Å². The van der Waals surface area contributed by atoms with Crippen LogP contribution < -0.4 is 4.90 Å². The molecule has 4 heteroatoms. The summed E-state index contributed by atoms with van der Waals surface area (Å²) in [5.41, 5.74) is 3.40. The smallest absolute Gasteiger partial charge is 0.0598 e. The minimum atomic E-state index is 0.763. The first-order chi connectivity index (χ1) is 8.70. The Morgan fingerprint density at radius 3 is 2.78 bits per heavy atom. The second-order valence-electron chi connectivity index (χ2n) is 4.08. The Labute approximate surface area is 121 Å². The summed E-state index contributed by atoms with van der Waals surface area (Å²) in [6.07, 6.45) is 1.82. The summed E-state index contributed by atoms with van der Waals surface area (Å²) in [6, 6.07) is 11.9. The summed E-state index contributed by atoms with van der Waals surface area (Å²) in [6.45, 7) is 0.780. The van der Waals surface area contributed by atoms with Crippen molar-refractivity contribution in [2.24, 2.45) is 0 Å². The lowest BCUT2D eigenvalue weighted by molar-refractivity contribution is 0.880. The lowest BCUT2D eigenvalue weighted by Gasteiger charge is -2.21. The fourth-order valence-electron chi connectivity index (χ4n) is 1.85. The van der Waals surface area contributed by atoms with Crippen molar-refractivity contribution in [3.05, 3.63) is 58.9 Å². The van der Waals surface area contributed by atoms with Gasteiger partial charge in [0.1, 0.15) is 0 Å². The number of hydrogen-bond acceptors (Lipinski definition) is 2. The number of halogens is 2. The van der Waals surface area contributed by atoms with Crippen LogP contribution in [0.3, 0.4) is 0 Å². The summed E-state index contributed by atoms with van der Waals surface area (Å²) in [7, 11) is 2.06. The normalized spacial score (nSPS) is 10.4. The lowest BCUT2D eigenvalue weighted by Crippen LogP contribution is -2.18. The second-order valence-corrected chi connectivity index (χ2v) is 5.08. The average molecular weight is 326 g/mol. The fraction of sp³-hybridized carbons (Fsp3) is 0.214. The number of nitrogens with zero attached hydrogens (tertiary/aromatic N) is 2. The predicted octanol–water partition coefficient (Wildman–Crippen LogP) is 4.27. The van der Waals surface area contributed by atoms with Crippen LogP contribution >= 0.6 is 27.5 Å². The summed E-state index contributed by atoms with van der Waals surface area (Å²) in [5.74, 6) is 0. The van der Waals surface area contributed by atoms with Gasteiger partial charge >= 0.3 is 0 Å². The zero-order valence-electron chi connectivity index (χ0n) is 10.1. The number of rotatable bonds is 4. The van der Waals surface area contributed by atoms with Gasteiger partial charge in [-0.1, -0.05) is 33.6 Å². The highest BCUT2D eigenvalue weighted by Gasteiger charge is 2.08. The van der Waals surface area contributed by atoms with Gasteiger partial charge in [0.15, 0.2) is 0 Å². The van der Waals surface area contributed by atoms with Crippen LogP contribution in [-0.2, 0) is 11.9 Å². The molecule has 1 aromatic carbocycles. The van der Waals surface area contributed by atoms with Crippen molar-refractivity contribution in [3.8, 4) is 0 Å². The molecule has 0 N–H and O–H groups in total. The summed E-state index contributed by atoms with van der Waals surface area (Å²) in [4.78, 5) is 6.51. The highest BCUT2D eigenvalue weighted by Crippen LogP contribution is 2.26. The van der Waals surface area contributed by atoms with Gasteiger partial charge in [0.25, 0.3) is 0 Å². The van der Waals surface area contributed by atoms with Crippen LogP contribution in [0.5, 0.6) is 0 Å². The minimum absolute atomic E-state index is 0.763. The summed E-state index contributed by atoms with van der Waals surface area (Å²) >= 11 is 9.50. The molecule has 0 aliphatic heterocycles. The zero-order valence-corrected chi connectivity index (χ0v) is 12.4. The Kier molecular flexibility index (Phi) is 4.61. The van der Waals surface area contributed by atoms with Gasteiger partial charge in [0.2, 0.25) is 0 Å². The highest BCUT2D eigenvalue weighted by atomic mass is 79.9. The first-order valence-electron chi connectivity index (χ1n) is 5.66. The van der Waals surface area contributed by atoms with Crippen LogP contribution in [0.25, 0.3) is 0 Å². The molecule has 94 valence electrons. The highest BCUT2D eigenvalue weighted by molar-refractivity contribution is 9.08. The largest absolute Gasteiger partial charge is 0.368 e. The molecule has 0 atom stereocenters. The van der Waals surface area contributed by atoms with Crippen molar-refractivity contribution in [3.63, 3.8) is 0 Å². The molecule has 1 heterocycles. The Hall–Kier alpha value is -1.06. The van der Waals surface area contributed by atoms with Gasteiger partial charge in [-0.3, -0.25) is 4.98 Å².